The molecule has 0 saturated carbocycles. The zero-order chi connectivity index (χ0) is 19.5. The van der Waals surface area contributed by atoms with Crippen molar-refractivity contribution in [1.29, 1.82) is 0 Å². The lowest BCUT2D eigenvalue weighted by Gasteiger charge is -2.18. The first-order valence-electron chi connectivity index (χ1n) is 7.51. The van der Waals surface area contributed by atoms with Crippen molar-refractivity contribution in [2.75, 3.05) is 26.0 Å². The quantitative estimate of drug-likeness (QED) is 0.780. The lowest BCUT2D eigenvalue weighted by Crippen LogP contribution is -2.35. The SMILES string of the molecule is COc1ccc(S(=O)(=O)N(C)CC(=O)Nc2cccc(Cl)c2C)cc1Cl. The fraction of sp³-hybridized carbons (Fsp3) is 0.235. The van der Waals surface area contributed by atoms with E-state index in [0.29, 0.717) is 22.0 Å². The molecule has 2 aromatic rings. The second-order valence-corrected chi connectivity index (χ2v) is 8.38. The van der Waals surface area contributed by atoms with Gasteiger partial charge in [0.25, 0.3) is 0 Å². The highest BCUT2D eigenvalue weighted by molar-refractivity contribution is 7.89. The van der Waals surface area contributed by atoms with Crippen LogP contribution in [0.2, 0.25) is 10.0 Å². The summed E-state index contributed by atoms with van der Waals surface area (Å²) < 4.78 is 31.2. The van der Waals surface area contributed by atoms with E-state index < -0.39 is 15.9 Å². The van der Waals surface area contributed by atoms with Crippen LogP contribution in [0.1, 0.15) is 5.56 Å². The van der Waals surface area contributed by atoms with Gasteiger partial charge in [-0.2, -0.15) is 4.31 Å². The van der Waals surface area contributed by atoms with Crippen LogP contribution in [0.25, 0.3) is 0 Å². The monoisotopic (exact) mass is 416 g/mol. The molecule has 0 radical (unpaired) electrons. The Hall–Kier alpha value is -1.80. The Labute approximate surface area is 162 Å². The van der Waals surface area contributed by atoms with Crippen molar-refractivity contribution in [1.82, 2.24) is 4.31 Å². The summed E-state index contributed by atoms with van der Waals surface area (Å²) in [5.41, 5.74) is 1.23. The van der Waals surface area contributed by atoms with E-state index >= 15 is 0 Å². The topological polar surface area (TPSA) is 75.7 Å². The van der Waals surface area contributed by atoms with E-state index in [1.54, 1.807) is 25.1 Å². The molecule has 6 nitrogen and oxygen atoms in total. The third-order valence-electron chi connectivity index (χ3n) is 3.74. The molecular formula is C17H18Cl2N2O4S. The molecule has 2 aromatic carbocycles. The minimum atomic E-state index is -3.89. The first-order chi connectivity index (χ1) is 12.2. The third kappa shape index (κ3) is 4.48. The molecule has 2 rings (SSSR count). The van der Waals surface area contributed by atoms with Crippen LogP contribution >= 0.6 is 23.2 Å². The van der Waals surface area contributed by atoms with Gasteiger partial charge in [0.2, 0.25) is 15.9 Å². The number of carbonyl (C=O) groups is 1. The van der Waals surface area contributed by atoms with E-state index in [1.165, 1.54) is 32.4 Å². The predicted molar refractivity (Wildman–Crippen MR) is 103 cm³/mol. The lowest BCUT2D eigenvalue weighted by molar-refractivity contribution is -0.116. The van der Waals surface area contributed by atoms with E-state index in [0.717, 1.165) is 4.31 Å². The van der Waals surface area contributed by atoms with E-state index in [9.17, 15) is 13.2 Å². The molecule has 0 fully saturated rings. The van der Waals surface area contributed by atoms with Crippen LogP contribution in [0.15, 0.2) is 41.3 Å². The summed E-state index contributed by atoms with van der Waals surface area (Å²) in [6.07, 6.45) is 0. The molecule has 0 bridgehead atoms. The fourth-order valence-electron chi connectivity index (χ4n) is 2.21. The van der Waals surface area contributed by atoms with E-state index in [1.807, 2.05) is 0 Å². The minimum absolute atomic E-state index is 0.0301. The van der Waals surface area contributed by atoms with Gasteiger partial charge in [0.05, 0.1) is 23.6 Å². The molecule has 0 atom stereocenters. The summed E-state index contributed by atoms with van der Waals surface area (Å²) in [4.78, 5) is 12.2. The Morgan fingerprint density at radius 2 is 1.88 bits per heavy atom. The number of carbonyl (C=O) groups excluding carboxylic acids is 1. The smallest absolute Gasteiger partial charge is 0.243 e. The summed E-state index contributed by atoms with van der Waals surface area (Å²) in [7, 11) is -1.13. The molecular weight excluding hydrogens is 399 g/mol. The molecule has 140 valence electrons. The van der Waals surface area contributed by atoms with Gasteiger partial charge in [-0.25, -0.2) is 8.42 Å². The van der Waals surface area contributed by atoms with Crippen molar-refractivity contribution in [2.24, 2.45) is 0 Å². The van der Waals surface area contributed by atoms with Gasteiger partial charge in [0.15, 0.2) is 0 Å². The van der Waals surface area contributed by atoms with Gasteiger partial charge in [-0.05, 0) is 42.8 Å². The van der Waals surface area contributed by atoms with Crippen LogP contribution in [0.4, 0.5) is 5.69 Å². The van der Waals surface area contributed by atoms with Crippen LogP contribution in [-0.4, -0.2) is 39.3 Å². The Morgan fingerprint density at radius 3 is 2.50 bits per heavy atom. The maximum atomic E-state index is 12.6. The normalized spacial score (nSPS) is 11.5. The Balaban J connectivity index is 2.14. The Morgan fingerprint density at radius 1 is 1.19 bits per heavy atom. The van der Waals surface area contributed by atoms with Gasteiger partial charge in [0, 0.05) is 17.8 Å². The number of amides is 1. The minimum Gasteiger partial charge on any atom is -0.495 e. The average molecular weight is 417 g/mol. The van der Waals surface area contributed by atoms with Gasteiger partial charge < -0.3 is 10.1 Å². The maximum Gasteiger partial charge on any atom is 0.243 e. The average Bonchev–Trinajstić information content (AvgIpc) is 2.58. The molecule has 0 saturated heterocycles. The van der Waals surface area contributed by atoms with Crippen LogP contribution in [0.3, 0.4) is 0 Å². The number of hydrogen-bond acceptors (Lipinski definition) is 4. The number of nitrogens with one attached hydrogen (secondary N) is 1. The molecule has 1 amide bonds. The van der Waals surface area contributed by atoms with Gasteiger partial charge >= 0.3 is 0 Å². The van der Waals surface area contributed by atoms with Crippen molar-refractivity contribution in [3.05, 3.63) is 52.0 Å². The van der Waals surface area contributed by atoms with Crippen molar-refractivity contribution < 1.29 is 17.9 Å². The molecule has 0 unspecified atom stereocenters. The molecule has 9 heteroatoms. The molecule has 0 aliphatic heterocycles. The second kappa shape index (κ2) is 8.26. The molecule has 0 aliphatic rings. The second-order valence-electron chi connectivity index (χ2n) is 5.52. The van der Waals surface area contributed by atoms with Gasteiger partial charge in [0.1, 0.15) is 5.75 Å². The summed E-state index contributed by atoms with van der Waals surface area (Å²) in [5.74, 6) is -0.122. The summed E-state index contributed by atoms with van der Waals surface area (Å²) in [5, 5.41) is 3.34. The van der Waals surface area contributed by atoms with Gasteiger partial charge in [-0.15, -0.1) is 0 Å². The number of benzene rings is 2. The first-order valence-corrected chi connectivity index (χ1v) is 9.71. The molecule has 0 heterocycles. The van der Waals surface area contributed by atoms with Crippen molar-refractivity contribution in [2.45, 2.75) is 11.8 Å². The number of rotatable bonds is 6. The number of ether oxygens (including phenoxy) is 1. The van der Waals surface area contributed by atoms with Gasteiger partial charge in [-0.3, -0.25) is 4.79 Å². The van der Waals surface area contributed by atoms with E-state index in [4.69, 9.17) is 27.9 Å². The Bertz CT molecular complexity index is 932. The number of hydrogen-bond donors (Lipinski definition) is 1. The molecule has 0 aliphatic carbocycles. The summed E-state index contributed by atoms with van der Waals surface area (Å²) in [6, 6.07) is 9.21. The number of sulfonamides is 1. The number of nitrogens with zero attached hydrogens (tertiary/aromatic N) is 1. The van der Waals surface area contributed by atoms with Crippen LogP contribution in [0.5, 0.6) is 5.75 Å². The van der Waals surface area contributed by atoms with E-state index in [2.05, 4.69) is 5.32 Å². The number of halogens is 2. The van der Waals surface area contributed by atoms with Crippen molar-refractivity contribution in [3.63, 3.8) is 0 Å². The zero-order valence-electron chi connectivity index (χ0n) is 14.4. The molecule has 0 aromatic heterocycles. The van der Waals surface area contributed by atoms with Crippen LogP contribution in [0, 0.1) is 6.92 Å². The van der Waals surface area contributed by atoms with Crippen molar-refractivity contribution in [3.8, 4) is 5.75 Å². The molecule has 26 heavy (non-hydrogen) atoms. The lowest BCUT2D eigenvalue weighted by atomic mass is 10.2. The highest BCUT2D eigenvalue weighted by Gasteiger charge is 2.24. The predicted octanol–water partition coefficient (Wildman–Crippen LogP) is 3.57. The summed E-state index contributed by atoms with van der Waals surface area (Å²) >= 11 is 12.0. The zero-order valence-corrected chi connectivity index (χ0v) is 16.7. The highest BCUT2D eigenvalue weighted by atomic mass is 35.5. The maximum absolute atomic E-state index is 12.6. The van der Waals surface area contributed by atoms with Crippen LogP contribution < -0.4 is 10.1 Å². The number of likely N-dealkylation sites (N-methyl/N-ethyl adjacent to an activating group) is 1. The molecule has 0 spiro atoms. The van der Waals surface area contributed by atoms with E-state index in [-0.39, 0.29) is 16.5 Å². The third-order valence-corrected chi connectivity index (χ3v) is 6.24. The standard InChI is InChI=1S/C17H18Cl2N2O4S/c1-11-13(18)5-4-6-15(11)20-17(22)10-21(2)26(23,24)12-7-8-16(25-3)14(19)9-12/h4-9H,10H2,1-3H3,(H,20,22). The van der Waals surface area contributed by atoms with Gasteiger partial charge in [-0.1, -0.05) is 29.3 Å². The first kappa shape index (κ1) is 20.5. The summed E-state index contributed by atoms with van der Waals surface area (Å²) in [6.45, 7) is 1.40. The number of anilines is 1. The van der Waals surface area contributed by atoms with Crippen molar-refractivity contribution >= 4 is 44.8 Å². The fourth-order valence-corrected chi connectivity index (χ4v) is 3.86. The van der Waals surface area contributed by atoms with Crippen LogP contribution in [-0.2, 0) is 14.8 Å². The largest absolute Gasteiger partial charge is 0.495 e. The highest BCUT2D eigenvalue weighted by Crippen LogP contribution is 2.28. The molecule has 1 N–H and O–H groups in total. The number of methoxy groups -OCH3 is 1. The Kier molecular flexibility index (Phi) is 6.52.